The molecule has 0 aliphatic rings. The Labute approximate surface area is 163 Å². The van der Waals surface area contributed by atoms with Crippen molar-refractivity contribution in [2.45, 2.75) is 0 Å². The van der Waals surface area contributed by atoms with Crippen molar-refractivity contribution in [2.75, 3.05) is 23.8 Å². The maximum Gasteiger partial charge on any atom is 0.195 e. The average molecular weight is 460 g/mol. The van der Waals surface area contributed by atoms with Crippen LogP contribution in [-0.4, -0.2) is 33.8 Å². The Morgan fingerprint density at radius 2 is 1.48 bits per heavy atom. The van der Waals surface area contributed by atoms with Gasteiger partial charge in [-0.25, -0.2) is 9.97 Å². The number of ether oxygens (including phenoxy) is 1. The van der Waals surface area contributed by atoms with E-state index < -0.39 is 7.26 Å². The van der Waals surface area contributed by atoms with Gasteiger partial charge < -0.3 is 4.74 Å². The highest BCUT2D eigenvalue weighted by Gasteiger charge is 2.46. The Hall–Kier alpha value is -1.36. The molecule has 0 aliphatic heterocycles. The lowest BCUT2D eigenvalue weighted by atomic mass is 10.4. The number of hydrogen-bond donors (Lipinski definition) is 0. The second kappa shape index (κ2) is 9.37. The van der Waals surface area contributed by atoms with Gasteiger partial charge in [0.05, 0.1) is 19.4 Å². The second-order valence-corrected chi connectivity index (χ2v) is 10.2. The summed E-state index contributed by atoms with van der Waals surface area (Å²) in [6.07, 6.45) is 4.44. The SMILES string of the molecule is [124I]CCOCC[P+](c1ccccc1)(c1ccccc1)c1ccncn1. The lowest BCUT2D eigenvalue weighted by Gasteiger charge is -2.26. The first-order valence-corrected chi connectivity index (χ1v) is 11.8. The third-order valence-electron chi connectivity index (χ3n) is 4.14. The number of halogens is 1. The van der Waals surface area contributed by atoms with E-state index in [4.69, 9.17) is 4.74 Å². The van der Waals surface area contributed by atoms with Crippen molar-refractivity contribution in [1.82, 2.24) is 9.97 Å². The van der Waals surface area contributed by atoms with Crippen LogP contribution < -0.4 is 16.0 Å². The van der Waals surface area contributed by atoms with Crippen molar-refractivity contribution >= 4 is 45.9 Å². The molecule has 3 nitrogen and oxygen atoms in total. The minimum Gasteiger partial charge on any atom is -0.377 e. The second-order valence-electron chi connectivity index (χ2n) is 5.57. The number of alkyl halides is 1. The van der Waals surface area contributed by atoms with Crippen molar-refractivity contribution in [3.63, 3.8) is 0 Å². The van der Waals surface area contributed by atoms with Crippen LogP contribution in [0.1, 0.15) is 0 Å². The van der Waals surface area contributed by atoms with Crippen LogP contribution in [0.4, 0.5) is 0 Å². The summed E-state index contributed by atoms with van der Waals surface area (Å²) >= 11 is 2.35. The topological polar surface area (TPSA) is 35.0 Å². The van der Waals surface area contributed by atoms with E-state index in [9.17, 15) is 0 Å². The summed E-state index contributed by atoms with van der Waals surface area (Å²) < 4.78 is 6.89. The molecule has 0 radical (unpaired) electrons. The van der Waals surface area contributed by atoms with Gasteiger partial charge in [-0.05, 0) is 24.3 Å². The fourth-order valence-electron chi connectivity index (χ4n) is 3.02. The van der Waals surface area contributed by atoms with E-state index in [1.807, 2.05) is 6.20 Å². The van der Waals surface area contributed by atoms with Gasteiger partial charge in [-0.15, -0.1) is 0 Å². The molecule has 0 saturated heterocycles. The molecule has 0 spiro atoms. The van der Waals surface area contributed by atoms with Crippen molar-refractivity contribution in [3.05, 3.63) is 79.3 Å². The van der Waals surface area contributed by atoms with Crippen molar-refractivity contribution in [1.29, 1.82) is 0 Å². The van der Waals surface area contributed by atoms with Gasteiger partial charge in [0.1, 0.15) is 24.2 Å². The van der Waals surface area contributed by atoms with E-state index in [1.165, 1.54) is 10.6 Å². The van der Waals surface area contributed by atoms with Crippen LogP contribution in [0.5, 0.6) is 0 Å². The molecule has 128 valence electrons. The fourth-order valence-corrected chi connectivity index (χ4v) is 7.24. The predicted molar refractivity (Wildman–Crippen MR) is 115 cm³/mol. The third kappa shape index (κ3) is 4.25. The first-order valence-electron chi connectivity index (χ1n) is 8.27. The Balaban J connectivity index is 2.13. The molecule has 0 bridgehead atoms. The Bertz CT molecular complexity index is 660. The molecule has 1 aromatic heterocycles. The molecule has 0 atom stereocenters. The first-order chi connectivity index (χ1) is 12.4. The zero-order valence-corrected chi connectivity index (χ0v) is 17.0. The molecule has 1 heterocycles. The Kier molecular flexibility index (Phi) is 6.91. The number of aromatic nitrogens is 2. The smallest absolute Gasteiger partial charge is 0.195 e. The quantitative estimate of drug-likeness (QED) is 0.224. The van der Waals surface area contributed by atoms with Crippen LogP contribution in [0.15, 0.2) is 79.3 Å². The van der Waals surface area contributed by atoms with Gasteiger partial charge in [-0.2, -0.15) is 0 Å². The summed E-state index contributed by atoms with van der Waals surface area (Å²) in [4.78, 5) is 8.81. The third-order valence-corrected chi connectivity index (χ3v) is 8.84. The van der Waals surface area contributed by atoms with Crippen LogP contribution in [0.3, 0.4) is 0 Å². The number of hydrogen-bond acceptors (Lipinski definition) is 3. The van der Waals surface area contributed by atoms with Gasteiger partial charge >= 0.3 is 0 Å². The Morgan fingerprint density at radius 1 is 0.840 bits per heavy atom. The first kappa shape index (κ1) is 18.4. The van der Waals surface area contributed by atoms with Crippen LogP contribution >= 0.6 is 29.9 Å². The van der Waals surface area contributed by atoms with Gasteiger partial charge in [-0.1, -0.05) is 59.0 Å². The molecule has 0 aliphatic carbocycles. The number of rotatable bonds is 8. The fraction of sp³-hybridized carbons (Fsp3) is 0.200. The molecule has 0 fully saturated rings. The zero-order valence-electron chi connectivity index (χ0n) is 14.0. The molecular weight excluding hydrogens is 439 g/mol. The minimum absolute atomic E-state index is 0.727. The van der Waals surface area contributed by atoms with Crippen LogP contribution in [0, 0.1) is 0 Å². The summed E-state index contributed by atoms with van der Waals surface area (Å²) in [6.45, 7) is 1.51. The maximum absolute atomic E-state index is 5.88. The molecule has 0 saturated carbocycles. The van der Waals surface area contributed by atoms with Gasteiger partial charge in [0.2, 0.25) is 0 Å². The standard InChI is InChI=1S/C20H21IN2OP/c21-12-14-24-15-16-25(18-7-3-1-4-8-18,19-9-5-2-6-10-19)20-11-13-22-17-23-20/h1-11,13,17H,12,14-16H2/q+1/i21-3. The normalized spacial score (nSPS) is 11.4. The molecule has 5 heteroatoms. The van der Waals surface area contributed by atoms with E-state index in [1.54, 1.807) is 6.33 Å². The molecule has 2 aromatic carbocycles. The average Bonchev–Trinajstić information content (AvgIpc) is 2.70. The molecule has 0 amide bonds. The van der Waals surface area contributed by atoms with Crippen LogP contribution in [0.2, 0.25) is 0 Å². The van der Waals surface area contributed by atoms with Crippen molar-refractivity contribution in [2.24, 2.45) is 0 Å². The van der Waals surface area contributed by atoms with Crippen LogP contribution in [-0.2, 0) is 4.74 Å². The minimum atomic E-state index is -1.87. The summed E-state index contributed by atoms with van der Waals surface area (Å²) in [6, 6.07) is 23.5. The molecule has 3 aromatic rings. The number of nitrogens with zero attached hydrogens (tertiary/aromatic N) is 2. The van der Waals surface area contributed by atoms with Gasteiger partial charge in [0, 0.05) is 16.7 Å². The molecular formula is C20H21IN2OP+. The van der Waals surface area contributed by atoms with Crippen LogP contribution in [0.25, 0.3) is 0 Å². The molecule has 25 heavy (non-hydrogen) atoms. The van der Waals surface area contributed by atoms with E-state index >= 15 is 0 Å². The number of benzene rings is 2. The highest BCUT2D eigenvalue weighted by molar-refractivity contribution is 14.1. The predicted octanol–water partition coefficient (Wildman–Crippen LogP) is 3.22. The maximum atomic E-state index is 5.88. The summed E-state index contributed by atoms with van der Waals surface area (Å²) in [5.74, 6) is 0. The highest BCUT2D eigenvalue weighted by Crippen LogP contribution is 2.54. The van der Waals surface area contributed by atoms with E-state index in [-0.39, 0.29) is 0 Å². The lowest BCUT2D eigenvalue weighted by molar-refractivity contribution is 0.168. The highest BCUT2D eigenvalue weighted by atomic mass is 124. The molecule has 3 rings (SSSR count). The zero-order chi connectivity index (χ0) is 17.4. The van der Waals surface area contributed by atoms with Gasteiger partial charge in [-0.3, -0.25) is 0 Å². The largest absolute Gasteiger partial charge is 0.377 e. The Morgan fingerprint density at radius 3 is 2.00 bits per heavy atom. The van der Waals surface area contributed by atoms with E-state index in [0.717, 1.165) is 29.2 Å². The molecule has 0 N–H and O–H groups in total. The monoisotopic (exact) mass is 460 g/mol. The van der Waals surface area contributed by atoms with Gasteiger partial charge in [0.15, 0.2) is 5.44 Å². The van der Waals surface area contributed by atoms with Gasteiger partial charge in [0.25, 0.3) is 0 Å². The summed E-state index contributed by atoms with van der Waals surface area (Å²) in [7, 11) is -1.87. The summed E-state index contributed by atoms with van der Waals surface area (Å²) in [5.41, 5.74) is 1.11. The molecule has 0 unspecified atom stereocenters. The lowest BCUT2D eigenvalue weighted by Crippen LogP contribution is -2.36. The van der Waals surface area contributed by atoms with Crippen molar-refractivity contribution < 1.29 is 4.74 Å². The van der Waals surface area contributed by atoms with Crippen molar-refractivity contribution in [3.8, 4) is 0 Å². The summed E-state index contributed by atoms with van der Waals surface area (Å²) in [5, 5.41) is 2.66. The van der Waals surface area contributed by atoms with E-state index in [0.29, 0.717) is 0 Å². The van der Waals surface area contributed by atoms with E-state index in [2.05, 4.69) is 99.3 Å².